The zero-order valence-electron chi connectivity index (χ0n) is 11.6. The van der Waals surface area contributed by atoms with Crippen LogP contribution in [-0.2, 0) is 9.53 Å². The van der Waals surface area contributed by atoms with Gasteiger partial charge in [-0.1, -0.05) is 17.7 Å². The summed E-state index contributed by atoms with van der Waals surface area (Å²) in [6.07, 6.45) is 1.42. The normalized spacial score (nSPS) is 9.96. The lowest BCUT2D eigenvalue weighted by atomic mass is 10.3. The number of non-ortho nitro benzene ring substituents is 1. The number of halogens is 1. The van der Waals surface area contributed by atoms with E-state index in [0.29, 0.717) is 0 Å². The molecule has 0 spiro atoms. The summed E-state index contributed by atoms with van der Waals surface area (Å²) in [6, 6.07) is 8.28. The Morgan fingerprint density at radius 2 is 2.09 bits per heavy atom. The van der Waals surface area contributed by atoms with Crippen molar-refractivity contribution in [2.24, 2.45) is 0 Å². The number of pyridine rings is 1. The number of nitrogens with one attached hydrogen (secondary N) is 1. The first-order valence-electron chi connectivity index (χ1n) is 6.29. The van der Waals surface area contributed by atoms with Gasteiger partial charge in [-0.15, -0.1) is 0 Å². The summed E-state index contributed by atoms with van der Waals surface area (Å²) in [6.45, 7) is -0.575. The Bertz CT molecular complexity index is 751. The lowest BCUT2D eigenvalue weighted by Gasteiger charge is -2.07. The van der Waals surface area contributed by atoms with Crippen LogP contribution in [0.4, 0.5) is 11.4 Å². The van der Waals surface area contributed by atoms with E-state index in [-0.39, 0.29) is 22.1 Å². The van der Waals surface area contributed by atoms with E-state index in [1.54, 1.807) is 12.1 Å². The maximum Gasteiger partial charge on any atom is 0.357 e. The van der Waals surface area contributed by atoms with Gasteiger partial charge >= 0.3 is 5.97 Å². The summed E-state index contributed by atoms with van der Waals surface area (Å²) in [7, 11) is 0. The molecule has 0 aliphatic heterocycles. The highest BCUT2D eigenvalue weighted by Crippen LogP contribution is 2.26. The van der Waals surface area contributed by atoms with E-state index in [0.717, 1.165) is 6.07 Å². The monoisotopic (exact) mass is 335 g/mol. The van der Waals surface area contributed by atoms with E-state index in [2.05, 4.69) is 10.3 Å². The van der Waals surface area contributed by atoms with Crippen LogP contribution in [0, 0.1) is 10.1 Å². The van der Waals surface area contributed by atoms with Crippen LogP contribution in [0.1, 0.15) is 10.5 Å². The van der Waals surface area contributed by atoms with Crippen LogP contribution in [0.25, 0.3) is 0 Å². The quantitative estimate of drug-likeness (QED) is 0.510. The minimum absolute atomic E-state index is 0.0553. The molecule has 9 heteroatoms. The molecule has 118 valence electrons. The lowest BCUT2D eigenvalue weighted by molar-refractivity contribution is -0.384. The molecule has 0 saturated heterocycles. The molecule has 0 fully saturated rings. The van der Waals surface area contributed by atoms with Crippen molar-refractivity contribution in [2.75, 3.05) is 11.9 Å². The van der Waals surface area contributed by atoms with Crippen LogP contribution >= 0.6 is 11.6 Å². The molecule has 1 N–H and O–H groups in total. The smallest absolute Gasteiger partial charge is 0.357 e. The first-order valence-corrected chi connectivity index (χ1v) is 6.67. The van der Waals surface area contributed by atoms with Crippen molar-refractivity contribution in [1.29, 1.82) is 0 Å². The fourth-order valence-corrected chi connectivity index (χ4v) is 1.76. The van der Waals surface area contributed by atoms with Gasteiger partial charge in [0, 0.05) is 18.3 Å². The summed E-state index contributed by atoms with van der Waals surface area (Å²) < 4.78 is 4.79. The van der Waals surface area contributed by atoms with Crippen LogP contribution in [0.3, 0.4) is 0 Å². The molecule has 0 aliphatic carbocycles. The predicted molar refractivity (Wildman–Crippen MR) is 81.3 cm³/mol. The van der Waals surface area contributed by atoms with E-state index in [9.17, 15) is 19.7 Å². The number of ether oxygens (including phenoxy) is 1. The topological polar surface area (TPSA) is 111 Å². The van der Waals surface area contributed by atoms with E-state index < -0.39 is 23.4 Å². The minimum atomic E-state index is -0.758. The number of hydrogen-bond donors (Lipinski definition) is 1. The molecule has 0 radical (unpaired) electrons. The first-order chi connectivity index (χ1) is 11.0. The van der Waals surface area contributed by atoms with Gasteiger partial charge in [0.2, 0.25) is 0 Å². The second kappa shape index (κ2) is 7.32. The van der Waals surface area contributed by atoms with Crippen LogP contribution in [0.2, 0.25) is 5.02 Å². The van der Waals surface area contributed by atoms with E-state index in [1.807, 2.05) is 0 Å². The summed E-state index contributed by atoms with van der Waals surface area (Å²) >= 11 is 5.85. The number of nitro groups is 1. The number of nitrogens with zero attached hydrogens (tertiary/aromatic N) is 2. The highest BCUT2D eigenvalue weighted by Gasteiger charge is 2.14. The van der Waals surface area contributed by atoms with Crippen LogP contribution in [-0.4, -0.2) is 28.4 Å². The Balaban J connectivity index is 1.96. The Kier molecular flexibility index (Phi) is 5.21. The number of amides is 1. The summed E-state index contributed by atoms with van der Waals surface area (Å²) in [5.74, 6) is -1.44. The molecule has 0 aliphatic rings. The van der Waals surface area contributed by atoms with Gasteiger partial charge in [-0.3, -0.25) is 14.9 Å². The van der Waals surface area contributed by atoms with E-state index in [4.69, 9.17) is 16.3 Å². The zero-order valence-corrected chi connectivity index (χ0v) is 12.3. The molecule has 2 aromatic rings. The van der Waals surface area contributed by atoms with Gasteiger partial charge < -0.3 is 10.1 Å². The highest BCUT2D eigenvalue weighted by atomic mass is 35.5. The maximum atomic E-state index is 11.7. The van der Waals surface area contributed by atoms with Crippen molar-refractivity contribution in [3.8, 4) is 0 Å². The number of carbonyl (C=O) groups is 2. The van der Waals surface area contributed by atoms with Gasteiger partial charge in [0.15, 0.2) is 6.61 Å². The third kappa shape index (κ3) is 4.48. The van der Waals surface area contributed by atoms with Crippen molar-refractivity contribution >= 4 is 34.9 Å². The molecule has 0 unspecified atom stereocenters. The van der Waals surface area contributed by atoms with Crippen molar-refractivity contribution in [3.05, 3.63) is 63.4 Å². The second-order valence-electron chi connectivity index (χ2n) is 4.26. The minimum Gasteiger partial charge on any atom is -0.451 e. The molecule has 8 nitrogen and oxygen atoms in total. The number of aromatic nitrogens is 1. The van der Waals surface area contributed by atoms with Crippen molar-refractivity contribution in [3.63, 3.8) is 0 Å². The van der Waals surface area contributed by atoms with E-state index >= 15 is 0 Å². The third-order valence-electron chi connectivity index (χ3n) is 2.64. The third-order valence-corrected chi connectivity index (χ3v) is 2.97. The standard InChI is InChI=1S/C14H10ClN3O5/c15-10-5-4-9(18(21)22)7-12(10)17-13(19)8-23-14(20)11-3-1-2-6-16-11/h1-7H,8H2,(H,17,19). The fourth-order valence-electron chi connectivity index (χ4n) is 1.60. The molecule has 1 aromatic carbocycles. The molecular formula is C14H10ClN3O5. The number of nitro benzene ring substituents is 1. The molecular weight excluding hydrogens is 326 g/mol. The van der Waals surface area contributed by atoms with Gasteiger partial charge in [0.1, 0.15) is 5.69 Å². The predicted octanol–water partition coefficient (Wildman–Crippen LogP) is 2.44. The molecule has 1 aromatic heterocycles. The van der Waals surface area contributed by atoms with Crippen LogP contribution in [0.15, 0.2) is 42.6 Å². The van der Waals surface area contributed by atoms with Gasteiger partial charge in [-0.2, -0.15) is 0 Å². The fraction of sp³-hybridized carbons (Fsp3) is 0.0714. The van der Waals surface area contributed by atoms with Crippen molar-refractivity contribution in [1.82, 2.24) is 4.98 Å². The molecule has 1 amide bonds. The molecule has 23 heavy (non-hydrogen) atoms. The second-order valence-corrected chi connectivity index (χ2v) is 4.67. The molecule has 0 saturated carbocycles. The molecule has 2 rings (SSSR count). The maximum absolute atomic E-state index is 11.7. The molecule has 0 atom stereocenters. The van der Waals surface area contributed by atoms with Gasteiger partial charge in [-0.25, -0.2) is 9.78 Å². The van der Waals surface area contributed by atoms with Gasteiger partial charge in [-0.05, 0) is 18.2 Å². The number of rotatable bonds is 5. The number of carbonyl (C=O) groups excluding carboxylic acids is 2. The van der Waals surface area contributed by atoms with Crippen molar-refractivity contribution in [2.45, 2.75) is 0 Å². The number of benzene rings is 1. The number of anilines is 1. The average molecular weight is 336 g/mol. The molecule has 0 bridgehead atoms. The largest absolute Gasteiger partial charge is 0.451 e. The Hall–Kier alpha value is -3.00. The van der Waals surface area contributed by atoms with Gasteiger partial charge in [0.05, 0.1) is 15.6 Å². The van der Waals surface area contributed by atoms with Crippen LogP contribution < -0.4 is 5.32 Å². The number of hydrogen-bond acceptors (Lipinski definition) is 6. The summed E-state index contributed by atoms with van der Waals surface area (Å²) in [4.78, 5) is 37.2. The first kappa shape index (κ1) is 16.4. The van der Waals surface area contributed by atoms with Crippen LogP contribution in [0.5, 0.6) is 0 Å². The Morgan fingerprint density at radius 1 is 1.30 bits per heavy atom. The van der Waals surface area contributed by atoms with Crippen molar-refractivity contribution < 1.29 is 19.2 Å². The van der Waals surface area contributed by atoms with E-state index in [1.165, 1.54) is 24.4 Å². The van der Waals surface area contributed by atoms with Gasteiger partial charge in [0.25, 0.3) is 11.6 Å². The summed E-state index contributed by atoms with van der Waals surface area (Å²) in [5, 5.41) is 13.2. The Labute approximate surface area is 135 Å². The molecule has 1 heterocycles. The SMILES string of the molecule is O=C(COC(=O)c1ccccn1)Nc1cc([N+](=O)[O-])ccc1Cl. The number of esters is 1. The average Bonchev–Trinajstić information content (AvgIpc) is 2.55. The Morgan fingerprint density at radius 3 is 2.74 bits per heavy atom. The zero-order chi connectivity index (χ0) is 16.8. The highest BCUT2D eigenvalue weighted by molar-refractivity contribution is 6.33. The summed E-state index contributed by atoms with van der Waals surface area (Å²) in [5.41, 5.74) is -0.108. The lowest BCUT2D eigenvalue weighted by Crippen LogP contribution is -2.21.